The number of rotatable bonds is 3. The predicted octanol–water partition coefficient (Wildman–Crippen LogP) is 2.62. The predicted molar refractivity (Wildman–Crippen MR) is 66.8 cm³/mol. The van der Waals surface area contributed by atoms with E-state index in [1.54, 1.807) is 0 Å². The molecule has 1 aliphatic rings. The van der Waals surface area contributed by atoms with Crippen LogP contribution >= 0.6 is 11.6 Å². The molecule has 0 unspecified atom stereocenters. The van der Waals surface area contributed by atoms with Gasteiger partial charge in [-0.2, -0.15) is 0 Å². The van der Waals surface area contributed by atoms with Gasteiger partial charge >= 0.3 is 0 Å². The second kappa shape index (κ2) is 5.95. The molecular formula is C13H16ClF2NO. The third-order valence-electron chi connectivity index (χ3n) is 3.37. The molecule has 2 nitrogen and oxygen atoms in total. The van der Waals surface area contributed by atoms with E-state index in [-0.39, 0.29) is 16.7 Å². The Labute approximate surface area is 110 Å². The molecule has 100 valence electrons. The van der Waals surface area contributed by atoms with Gasteiger partial charge in [0.25, 0.3) is 0 Å². The zero-order valence-electron chi connectivity index (χ0n) is 10.0. The second-order valence-corrected chi connectivity index (χ2v) is 5.05. The first kappa shape index (κ1) is 13.7. The highest BCUT2D eigenvalue weighted by molar-refractivity contribution is 6.30. The van der Waals surface area contributed by atoms with E-state index < -0.39 is 11.6 Å². The van der Waals surface area contributed by atoms with Crippen molar-refractivity contribution in [1.29, 1.82) is 0 Å². The third kappa shape index (κ3) is 3.19. The van der Waals surface area contributed by atoms with Gasteiger partial charge in [0.1, 0.15) is 11.6 Å². The van der Waals surface area contributed by atoms with Crippen molar-refractivity contribution in [3.63, 3.8) is 0 Å². The standard InChI is InChI=1S/C13H16ClF2NO/c14-11-1-2-12(15)10(13(11)16)5-8-17-6-3-9(18)4-7-17/h1-2,9,18H,3-8H2. The molecule has 0 radical (unpaired) electrons. The number of likely N-dealkylation sites (tertiary alicyclic amines) is 1. The highest BCUT2D eigenvalue weighted by Crippen LogP contribution is 2.22. The Bertz CT molecular complexity index is 420. The molecule has 2 rings (SSSR count). The van der Waals surface area contributed by atoms with Crippen molar-refractivity contribution < 1.29 is 13.9 Å². The van der Waals surface area contributed by atoms with Gasteiger partial charge in [-0.25, -0.2) is 8.78 Å². The van der Waals surface area contributed by atoms with Crippen molar-refractivity contribution in [2.75, 3.05) is 19.6 Å². The molecule has 1 fully saturated rings. The fourth-order valence-electron chi connectivity index (χ4n) is 2.21. The summed E-state index contributed by atoms with van der Waals surface area (Å²) in [6.07, 6.45) is 1.51. The normalized spacial score (nSPS) is 18.2. The summed E-state index contributed by atoms with van der Waals surface area (Å²) in [6, 6.07) is 2.42. The summed E-state index contributed by atoms with van der Waals surface area (Å²) in [6.45, 7) is 2.12. The topological polar surface area (TPSA) is 23.5 Å². The molecule has 0 spiro atoms. The van der Waals surface area contributed by atoms with Gasteiger partial charge in [0.2, 0.25) is 0 Å². The summed E-state index contributed by atoms with van der Waals surface area (Å²) >= 11 is 5.64. The van der Waals surface area contributed by atoms with Crippen LogP contribution in [0.4, 0.5) is 8.78 Å². The number of halogens is 3. The molecule has 1 aromatic carbocycles. The van der Waals surface area contributed by atoms with Gasteiger partial charge in [0.05, 0.1) is 11.1 Å². The van der Waals surface area contributed by atoms with Crippen LogP contribution in [0.25, 0.3) is 0 Å². The zero-order chi connectivity index (χ0) is 13.1. The fraction of sp³-hybridized carbons (Fsp3) is 0.538. The van der Waals surface area contributed by atoms with E-state index in [1.807, 2.05) is 0 Å². The largest absolute Gasteiger partial charge is 0.393 e. The lowest BCUT2D eigenvalue weighted by Crippen LogP contribution is -2.37. The van der Waals surface area contributed by atoms with E-state index in [0.29, 0.717) is 13.0 Å². The quantitative estimate of drug-likeness (QED) is 0.857. The molecule has 0 aromatic heterocycles. The van der Waals surface area contributed by atoms with E-state index in [2.05, 4.69) is 4.90 Å². The maximum absolute atomic E-state index is 13.6. The number of nitrogens with zero attached hydrogens (tertiary/aromatic N) is 1. The van der Waals surface area contributed by atoms with Crippen LogP contribution in [0.2, 0.25) is 5.02 Å². The lowest BCUT2D eigenvalue weighted by atomic mass is 10.1. The van der Waals surface area contributed by atoms with Crippen LogP contribution in [0, 0.1) is 11.6 Å². The number of hydrogen-bond donors (Lipinski definition) is 1. The van der Waals surface area contributed by atoms with Gasteiger partial charge in [-0.1, -0.05) is 11.6 Å². The summed E-state index contributed by atoms with van der Waals surface area (Å²) in [7, 11) is 0. The van der Waals surface area contributed by atoms with Crippen molar-refractivity contribution in [3.8, 4) is 0 Å². The summed E-state index contributed by atoms with van der Waals surface area (Å²) in [4.78, 5) is 2.10. The van der Waals surface area contributed by atoms with Crippen LogP contribution in [-0.4, -0.2) is 35.7 Å². The van der Waals surface area contributed by atoms with Gasteiger partial charge in [-0.15, -0.1) is 0 Å². The van der Waals surface area contributed by atoms with Gasteiger partial charge in [0.15, 0.2) is 0 Å². The average Bonchev–Trinajstić information content (AvgIpc) is 2.36. The summed E-state index contributed by atoms with van der Waals surface area (Å²) < 4.78 is 27.1. The molecule has 0 aliphatic carbocycles. The highest BCUT2D eigenvalue weighted by Gasteiger charge is 2.18. The van der Waals surface area contributed by atoms with E-state index in [9.17, 15) is 13.9 Å². The van der Waals surface area contributed by atoms with Crippen molar-refractivity contribution in [2.24, 2.45) is 0 Å². The minimum Gasteiger partial charge on any atom is -0.393 e. The SMILES string of the molecule is OC1CCN(CCc2c(F)ccc(Cl)c2F)CC1. The molecule has 0 atom stereocenters. The Morgan fingerprint density at radius 1 is 1.28 bits per heavy atom. The molecule has 1 aliphatic heterocycles. The summed E-state index contributed by atoms with van der Waals surface area (Å²) in [5, 5.41) is 9.33. The van der Waals surface area contributed by atoms with Crippen LogP contribution in [0.5, 0.6) is 0 Å². The Morgan fingerprint density at radius 3 is 2.61 bits per heavy atom. The van der Waals surface area contributed by atoms with Gasteiger partial charge < -0.3 is 10.0 Å². The number of benzene rings is 1. The van der Waals surface area contributed by atoms with Crippen molar-refractivity contribution >= 4 is 11.6 Å². The third-order valence-corrected chi connectivity index (χ3v) is 3.67. The summed E-state index contributed by atoms with van der Waals surface area (Å²) in [5.41, 5.74) is 0.0496. The Hall–Kier alpha value is -0.710. The molecular weight excluding hydrogens is 260 g/mol. The van der Waals surface area contributed by atoms with Gasteiger partial charge in [-0.3, -0.25) is 0 Å². The monoisotopic (exact) mass is 275 g/mol. The Kier molecular flexibility index (Phi) is 4.54. The average molecular weight is 276 g/mol. The molecule has 1 saturated heterocycles. The van der Waals surface area contributed by atoms with Crippen LogP contribution in [0.15, 0.2) is 12.1 Å². The van der Waals surface area contributed by atoms with Crippen LogP contribution in [0.1, 0.15) is 18.4 Å². The second-order valence-electron chi connectivity index (χ2n) is 4.64. The zero-order valence-corrected chi connectivity index (χ0v) is 10.8. The molecule has 1 aromatic rings. The number of piperidine rings is 1. The van der Waals surface area contributed by atoms with E-state index in [1.165, 1.54) is 12.1 Å². The summed E-state index contributed by atoms with van der Waals surface area (Å²) in [5.74, 6) is -1.21. The number of aliphatic hydroxyl groups excluding tert-OH is 1. The molecule has 0 amide bonds. The Morgan fingerprint density at radius 2 is 1.94 bits per heavy atom. The molecule has 5 heteroatoms. The molecule has 1 N–H and O–H groups in total. The molecule has 0 saturated carbocycles. The number of hydrogen-bond acceptors (Lipinski definition) is 2. The maximum atomic E-state index is 13.6. The van der Waals surface area contributed by atoms with E-state index in [4.69, 9.17) is 11.6 Å². The van der Waals surface area contributed by atoms with Crippen LogP contribution in [-0.2, 0) is 6.42 Å². The smallest absolute Gasteiger partial charge is 0.147 e. The Balaban J connectivity index is 1.96. The minimum atomic E-state index is -0.659. The van der Waals surface area contributed by atoms with Gasteiger partial charge in [-0.05, 0) is 31.4 Å². The lowest BCUT2D eigenvalue weighted by Gasteiger charge is -2.29. The van der Waals surface area contributed by atoms with E-state index in [0.717, 1.165) is 25.9 Å². The van der Waals surface area contributed by atoms with Crippen molar-refractivity contribution in [3.05, 3.63) is 34.4 Å². The highest BCUT2D eigenvalue weighted by atomic mass is 35.5. The molecule has 1 heterocycles. The maximum Gasteiger partial charge on any atom is 0.147 e. The fourth-order valence-corrected chi connectivity index (χ4v) is 2.39. The van der Waals surface area contributed by atoms with Crippen molar-refractivity contribution in [2.45, 2.75) is 25.4 Å². The van der Waals surface area contributed by atoms with E-state index >= 15 is 0 Å². The lowest BCUT2D eigenvalue weighted by molar-refractivity contribution is 0.0830. The first-order chi connectivity index (χ1) is 8.58. The molecule has 0 bridgehead atoms. The molecule has 18 heavy (non-hydrogen) atoms. The van der Waals surface area contributed by atoms with Crippen LogP contribution in [0.3, 0.4) is 0 Å². The first-order valence-electron chi connectivity index (χ1n) is 6.10. The van der Waals surface area contributed by atoms with Crippen molar-refractivity contribution in [1.82, 2.24) is 4.90 Å². The first-order valence-corrected chi connectivity index (χ1v) is 6.48. The number of aliphatic hydroxyl groups is 1. The van der Waals surface area contributed by atoms with Crippen LogP contribution < -0.4 is 0 Å². The minimum absolute atomic E-state index is 0.0412. The van der Waals surface area contributed by atoms with Gasteiger partial charge in [0, 0.05) is 25.2 Å².